The SMILES string of the molecule is Cc1oc2ncnc(N3CCOCC3)c2c1C(=O)N[C@@H]1CCCc2ccccc21. The van der Waals surface area contributed by atoms with E-state index in [1.54, 1.807) is 0 Å². The van der Waals surface area contributed by atoms with Crippen molar-refractivity contribution in [2.24, 2.45) is 0 Å². The van der Waals surface area contributed by atoms with E-state index in [4.69, 9.17) is 9.15 Å². The predicted octanol–water partition coefficient (Wildman–Crippen LogP) is 3.18. The second-order valence-corrected chi connectivity index (χ2v) is 7.63. The molecule has 1 aromatic carbocycles. The molecule has 2 aromatic heterocycles. The number of anilines is 1. The van der Waals surface area contributed by atoms with E-state index in [0.717, 1.165) is 38.2 Å². The molecule has 0 spiro atoms. The van der Waals surface area contributed by atoms with Crippen molar-refractivity contribution in [1.29, 1.82) is 0 Å². The lowest BCUT2D eigenvalue weighted by Gasteiger charge is -2.28. The molecule has 0 saturated carbocycles. The van der Waals surface area contributed by atoms with Crippen molar-refractivity contribution in [3.8, 4) is 0 Å². The van der Waals surface area contributed by atoms with Gasteiger partial charge in [0.15, 0.2) is 0 Å². The lowest BCUT2D eigenvalue weighted by molar-refractivity contribution is 0.0932. The van der Waals surface area contributed by atoms with Crippen molar-refractivity contribution in [3.05, 3.63) is 53.0 Å². The normalized spacial score (nSPS) is 19.2. The third-order valence-electron chi connectivity index (χ3n) is 5.86. The molecule has 0 radical (unpaired) electrons. The minimum atomic E-state index is -0.132. The van der Waals surface area contributed by atoms with Crippen LogP contribution < -0.4 is 10.2 Å². The summed E-state index contributed by atoms with van der Waals surface area (Å²) in [7, 11) is 0. The zero-order valence-corrected chi connectivity index (χ0v) is 16.5. The van der Waals surface area contributed by atoms with E-state index in [-0.39, 0.29) is 11.9 Å². The fourth-order valence-corrected chi connectivity index (χ4v) is 4.45. The molecule has 1 saturated heterocycles. The monoisotopic (exact) mass is 392 g/mol. The number of carbonyl (C=O) groups excluding carboxylic acids is 1. The molecule has 1 aliphatic heterocycles. The van der Waals surface area contributed by atoms with E-state index in [9.17, 15) is 4.79 Å². The lowest BCUT2D eigenvalue weighted by atomic mass is 9.87. The molecule has 3 heterocycles. The van der Waals surface area contributed by atoms with E-state index in [2.05, 4.69) is 38.4 Å². The average Bonchev–Trinajstić information content (AvgIpc) is 3.10. The number of amides is 1. The third kappa shape index (κ3) is 3.25. The smallest absolute Gasteiger partial charge is 0.256 e. The highest BCUT2D eigenvalue weighted by Gasteiger charge is 2.28. The van der Waals surface area contributed by atoms with Crippen LogP contribution in [0, 0.1) is 6.92 Å². The molecule has 3 aromatic rings. The van der Waals surface area contributed by atoms with Gasteiger partial charge in [-0.3, -0.25) is 4.79 Å². The van der Waals surface area contributed by atoms with Gasteiger partial charge in [-0.05, 0) is 37.3 Å². The predicted molar refractivity (Wildman–Crippen MR) is 109 cm³/mol. The van der Waals surface area contributed by atoms with Crippen LogP contribution in [0.3, 0.4) is 0 Å². The fourth-order valence-electron chi connectivity index (χ4n) is 4.45. The van der Waals surface area contributed by atoms with Crippen LogP contribution in [0.5, 0.6) is 0 Å². The Balaban J connectivity index is 1.52. The first kappa shape index (κ1) is 18.1. The maximum Gasteiger partial charge on any atom is 0.256 e. The van der Waals surface area contributed by atoms with E-state index in [1.807, 2.05) is 13.0 Å². The number of nitrogens with zero attached hydrogens (tertiary/aromatic N) is 3. The maximum atomic E-state index is 13.4. The number of aromatic nitrogens is 2. The van der Waals surface area contributed by atoms with Crippen LogP contribution >= 0.6 is 0 Å². The number of hydrogen-bond donors (Lipinski definition) is 1. The average molecular weight is 392 g/mol. The molecule has 1 aliphatic carbocycles. The highest BCUT2D eigenvalue weighted by atomic mass is 16.5. The number of furan rings is 1. The van der Waals surface area contributed by atoms with Gasteiger partial charge in [0.05, 0.1) is 30.2 Å². The fraction of sp³-hybridized carbons (Fsp3) is 0.409. The third-order valence-corrected chi connectivity index (χ3v) is 5.86. The first-order chi connectivity index (χ1) is 14.2. The molecule has 1 atom stereocenters. The van der Waals surface area contributed by atoms with Gasteiger partial charge in [0.25, 0.3) is 5.91 Å². The van der Waals surface area contributed by atoms with Crippen molar-refractivity contribution in [2.45, 2.75) is 32.2 Å². The Morgan fingerprint density at radius 1 is 1.21 bits per heavy atom. The van der Waals surface area contributed by atoms with Gasteiger partial charge in [-0.1, -0.05) is 24.3 Å². The number of carbonyl (C=O) groups is 1. The summed E-state index contributed by atoms with van der Waals surface area (Å²) in [4.78, 5) is 24.3. The minimum Gasteiger partial charge on any atom is -0.442 e. The van der Waals surface area contributed by atoms with Gasteiger partial charge in [-0.15, -0.1) is 0 Å². The first-order valence-corrected chi connectivity index (χ1v) is 10.2. The van der Waals surface area contributed by atoms with E-state index in [1.165, 1.54) is 17.5 Å². The van der Waals surface area contributed by atoms with Crippen LogP contribution in [-0.2, 0) is 11.2 Å². The van der Waals surface area contributed by atoms with E-state index in [0.29, 0.717) is 35.6 Å². The van der Waals surface area contributed by atoms with Crippen LogP contribution in [0.1, 0.15) is 46.1 Å². The molecule has 1 N–H and O–H groups in total. The van der Waals surface area contributed by atoms with Gasteiger partial charge < -0.3 is 19.4 Å². The largest absolute Gasteiger partial charge is 0.442 e. The van der Waals surface area contributed by atoms with Crippen LogP contribution in [-0.4, -0.2) is 42.2 Å². The van der Waals surface area contributed by atoms with Crippen LogP contribution in [0.25, 0.3) is 11.1 Å². The maximum absolute atomic E-state index is 13.4. The Hall–Kier alpha value is -2.93. The molecule has 1 amide bonds. The molecule has 29 heavy (non-hydrogen) atoms. The molecule has 0 bridgehead atoms. The van der Waals surface area contributed by atoms with Gasteiger partial charge >= 0.3 is 0 Å². The summed E-state index contributed by atoms with van der Waals surface area (Å²) in [6.45, 7) is 4.56. The van der Waals surface area contributed by atoms with Crippen LogP contribution in [0.2, 0.25) is 0 Å². The van der Waals surface area contributed by atoms with Gasteiger partial charge in [-0.2, -0.15) is 0 Å². The van der Waals surface area contributed by atoms with Crippen molar-refractivity contribution in [1.82, 2.24) is 15.3 Å². The minimum absolute atomic E-state index is 0.00765. The van der Waals surface area contributed by atoms with Crippen molar-refractivity contribution >= 4 is 22.8 Å². The van der Waals surface area contributed by atoms with Crippen molar-refractivity contribution < 1.29 is 13.9 Å². The molecule has 150 valence electrons. The zero-order chi connectivity index (χ0) is 19.8. The first-order valence-electron chi connectivity index (χ1n) is 10.2. The number of rotatable bonds is 3. The Kier molecular flexibility index (Phi) is 4.67. The number of morpholine rings is 1. The molecule has 7 nitrogen and oxygen atoms in total. The quantitative estimate of drug-likeness (QED) is 0.737. The Morgan fingerprint density at radius 2 is 2.03 bits per heavy atom. The Morgan fingerprint density at radius 3 is 2.90 bits per heavy atom. The summed E-state index contributed by atoms with van der Waals surface area (Å²) in [6.07, 6.45) is 4.56. The molecule has 5 rings (SSSR count). The van der Waals surface area contributed by atoms with Crippen molar-refractivity contribution in [3.63, 3.8) is 0 Å². The molecule has 0 unspecified atom stereocenters. The molecule has 7 heteroatoms. The zero-order valence-electron chi connectivity index (χ0n) is 16.5. The lowest BCUT2D eigenvalue weighted by Crippen LogP contribution is -2.37. The summed E-state index contributed by atoms with van der Waals surface area (Å²) >= 11 is 0. The molecule has 1 fully saturated rings. The summed E-state index contributed by atoms with van der Waals surface area (Å²) in [5.41, 5.74) is 3.51. The highest BCUT2D eigenvalue weighted by molar-refractivity contribution is 6.10. The van der Waals surface area contributed by atoms with Crippen molar-refractivity contribution in [2.75, 3.05) is 31.2 Å². The van der Waals surface area contributed by atoms with Crippen LogP contribution in [0.15, 0.2) is 35.0 Å². The highest BCUT2D eigenvalue weighted by Crippen LogP contribution is 2.34. The standard InChI is InChI=1S/C22H24N4O3/c1-14-18(21(27)25-17-8-4-6-15-5-2-3-7-16(15)17)19-20(23-13-24-22(19)29-14)26-9-11-28-12-10-26/h2-3,5,7,13,17H,4,6,8-12H2,1H3,(H,25,27)/t17-/m1/s1. The van der Waals surface area contributed by atoms with E-state index >= 15 is 0 Å². The summed E-state index contributed by atoms with van der Waals surface area (Å²) in [5.74, 6) is 1.17. The molecule has 2 aliphatic rings. The number of benzene rings is 1. The number of ether oxygens (including phenoxy) is 1. The molecular formula is C22H24N4O3. The summed E-state index contributed by atoms with van der Waals surface area (Å²) in [5, 5.41) is 3.93. The second-order valence-electron chi connectivity index (χ2n) is 7.63. The van der Waals surface area contributed by atoms with Gasteiger partial charge in [0.2, 0.25) is 5.71 Å². The Labute approximate surface area is 169 Å². The number of fused-ring (bicyclic) bond motifs is 2. The van der Waals surface area contributed by atoms with Gasteiger partial charge in [-0.25, -0.2) is 9.97 Å². The van der Waals surface area contributed by atoms with Gasteiger partial charge in [0.1, 0.15) is 17.9 Å². The van der Waals surface area contributed by atoms with Crippen LogP contribution in [0.4, 0.5) is 5.82 Å². The summed E-state index contributed by atoms with van der Waals surface area (Å²) < 4.78 is 11.3. The number of nitrogens with one attached hydrogen (secondary N) is 1. The summed E-state index contributed by atoms with van der Waals surface area (Å²) in [6, 6.07) is 8.36. The van der Waals surface area contributed by atoms with E-state index < -0.39 is 0 Å². The topological polar surface area (TPSA) is 80.5 Å². The van der Waals surface area contributed by atoms with Gasteiger partial charge in [0, 0.05) is 13.1 Å². The molecular weight excluding hydrogens is 368 g/mol. The number of hydrogen-bond acceptors (Lipinski definition) is 6. The second kappa shape index (κ2) is 7.48. The Bertz CT molecular complexity index is 1060. The number of aryl methyl sites for hydroxylation is 2.